The largest absolute Gasteiger partial charge is 0.494 e. The highest BCUT2D eigenvalue weighted by Crippen LogP contribution is 2.22. The van der Waals surface area contributed by atoms with E-state index in [0.717, 1.165) is 16.7 Å². The summed E-state index contributed by atoms with van der Waals surface area (Å²) in [4.78, 5) is 17.5. The van der Waals surface area contributed by atoms with Gasteiger partial charge in [-0.05, 0) is 54.8 Å². The minimum Gasteiger partial charge on any atom is -0.494 e. The molecule has 0 saturated heterocycles. The van der Waals surface area contributed by atoms with Crippen molar-refractivity contribution in [3.63, 3.8) is 0 Å². The van der Waals surface area contributed by atoms with Crippen LogP contribution in [-0.2, 0) is 21.1 Å². The fourth-order valence-corrected chi connectivity index (χ4v) is 4.28. The molecule has 1 heterocycles. The molecule has 0 fully saturated rings. The standard InChI is InChI=1S/C22H23FN2O4S2/c1-15-5-6-16(13-20(15)23)12-18-14-24-22(30-18)25-21(26)4-3-11-29-17-7-9-19(10-8-17)31(2,27)28/h5-10,13-14H,3-4,11-12H2,1-2H3,(H,24,25,26). The SMILES string of the molecule is Cc1ccc(Cc2cnc(NC(=O)CCCOc3ccc(S(C)(=O)=O)cc3)s2)cc1F. The maximum Gasteiger partial charge on any atom is 0.226 e. The van der Waals surface area contributed by atoms with Gasteiger partial charge in [-0.3, -0.25) is 4.79 Å². The van der Waals surface area contributed by atoms with E-state index < -0.39 is 9.84 Å². The Bertz CT molecular complexity index is 1160. The highest BCUT2D eigenvalue weighted by molar-refractivity contribution is 7.90. The third-order valence-electron chi connectivity index (χ3n) is 4.48. The van der Waals surface area contributed by atoms with E-state index in [-0.39, 0.29) is 23.0 Å². The average Bonchev–Trinajstić information content (AvgIpc) is 3.14. The average molecular weight is 463 g/mol. The minimum atomic E-state index is -3.24. The van der Waals surface area contributed by atoms with Crippen LogP contribution in [0.3, 0.4) is 0 Å². The number of sulfone groups is 1. The Morgan fingerprint density at radius 3 is 2.61 bits per heavy atom. The van der Waals surface area contributed by atoms with E-state index in [4.69, 9.17) is 4.74 Å². The summed E-state index contributed by atoms with van der Waals surface area (Å²) in [7, 11) is -3.24. The van der Waals surface area contributed by atoms with E-state index in [1.54, 1.807) is 31.3 Å². The molecule has 3 aromatic rings. The van der Waals surface area contributed by atoms with Gasteiger partial charge in [0.25, 0.3) is 0 Å². The van der Waals surface area contributed by atoms with Crippen molar-refractivity contribution in [2.24, 2.45) is 0 Å². The van der Waals surface area contributed by atoms with E-state index in [2.05, 4.69) is 10.3 Å². The molecule has 0 spiro atoms. The van der Waals surface area contributed by atoms with Crippen LogP contribution in [0.5, 0.6) is 5.75 Å². The van der Waals surface area contributed by atoms with Gasteiger partial charge in [-0.1, -0.05) is 12.1 Å². The number of nitrogens with zero attached hydrogens (tertiary/aromatic N) is 1. The summed E-state index contributed by atoms with van der Waals surface area (Å²) in [6, 6.07) is 11.3. The molecule has 9 heteroatoms. The van der Waals surface area contributed by atoms with Gasteiger partial charge >= 0.3 is 0 Å². The molecular weight excluding hydrogens is 439 g/mol. The lowest BCUT2D eigenvalue weighted by molar-refractivity contribution is -0.116. The highest BCUT2D eigenvalue weighted by atomic mass is 32.2. The molecule has 1 aromatic heterocycles. The van der Waals surface area contributed by atoms with Crippen molar-refractivity contribution in [2.45, 2.75) is 31.1 Å². The quantitative estimate of drug-likeness (QED) is 0.477. The van der Waals surface area contributed by atoms with E-state index in [0.29, 0.717) is 35.9 Å². The molecule has 0 atom stereocenters. The van der Waals surface area contributed by atoms with Gasteiger partial charge in [0, 0.05) is 30.2 Å². The zero-order chi connectivity index (χ0) is 22.4. The molecule has 0 radical (unpaired) electrons. The number of benzene rings is 2. The van der Waals surface area contributed by atoms with Crippen LogP contribution in [0.25, 0.3) is 0 Å². The molecule has 3 rings (SSSR count). The van der Waals surface area contributed by atoms with Gasteiger partial charge in [0.2, 0.25) is 5.91 Å². The lowest BCUT2D eigenvalue weighted by atomic mass is 10.1. The van der Waals surface area contributed by atoms with Gasteiger partial charge < -0.3 is 10.1 Å². The Hall–Kier alpha value is -2.78. The number of aromatic nitrogens is 1. The first-order valence-electron chi connectivity index (χ1n) is 9.63. The maximum absolute atomic E-state index is 13.7. The van der Waals surface area contributed by atoms with Gasteiger partial charge in [0.1, 0.15) is 11.6 Å². The van der Waals surface area contributed by atoms with Crippen LogP contribution >= 0.6 is 11.3 Å². The topological polar surface area (TPSA) is 85.4 Å². The van der Waals surface area contributed by atoms with Crippen LogP contribution in [0.2, 0.25) is 0 Å². The van der Waals surface area contributed by atoms with Crippen molar-refractivity contribution in [1.29, 1.82) is 0 Å². The monoisotopic (exact) mass is 462 g/mol. The van der Waals surface area contributed by atoms with Gasteiger partial charge in [0.15, 0.2) is 15.0 Å². The molecule has 1 N–H and O–H groups in total. The molecule has 164 valence electrons. The molecule has 0 saturated carbocycles. The summed E-state index contributed by atoms with van der Waals surface area (Å²) >= 11 is 1.36. The zero-order valence-electron chi connectivity index (χ0n) is 17.2. The third-order valence-corrected chi connectivity index (χ3v) is 6.52. The lowest BCUT2D eigenvalue weighted by Gasteiger charge is -2.07. The summed E-state index contributed by atoms with van der Waals surface area (Å²) in [6.07, 6.45) is 4.15. The van der Waals surface area contributed by atoms with Crippen LogP contribution in [0, 0.1) is 12.7 Å². The number of carbonyl (C=O) groups is 1. The molecule has 0 unspecified atom stereocenters. The number of nitrogens with one attached hydrogen (secondary N) is 1. The number of carbonyl (C=O) groups excluding carboxylic acids is 1. The number of aryl methyl sites for hydroxylation is 1. The second kappa shape index (κ2) is 10.0. The first-order chi connectivity index (χ1) is 14.7. The van der Waals surface area contributed by atoms with Crippen LogP contribution < -0.4 is 10.1 Å². The Balaban J connectivity index is 1.41. The van der Waals surface area contributed by atoms with Gasteiger partial charge in [-0.2, -0.15) is 0 Å². The van der Waals surface area contributed by atoms with Gasteiger partial charge in [-0.15, -0.1) is 11.3 Å². The molecule has 0 aliphatic carbocycles. The lowest BCUT2D eigenvalue weighted by Crippen LogP contribution is -2.12. The fourth-order valence-electron chi connectivity index (χ4n) is 2.78. The van der Waals surface area contributed by atoms with Crippen molar-refractivity contribution in [3.8, 4) is 5.75 Å². The number of thiazole rings is 1. The summed E-state index contributed by atoms with van der Waals surface area (Å²) in [5, 5.41) is 3.27. The fraction of sp³-hybridized carbons (Fsp3) is 0.273. The summed E-state index contributed by atoms with van der Waals surface area (Å²) in [6.45, 7) is 2.05. The Morgan fingerprint density at radius 2 is 1.94 bits per heavy atom. The van der Waals surface area contributed by atoms with Gasteiger partial charge in [-0.25, -0.2) is 17.8 Å². The first-order valence-corrected chi connectivity index (χ1v) is 12.3. The van der Waals surface area contributed by atoms with Crippen LogP contribution in [-0.4, -0.2) is 32.2 Å². The van der Waals surface area contributed by atoms with E-state index in [9.17, 15) is 17.6 Å². The van der Waals surface area contributed by atoms with Crippen molar-refractivity contribution in [1.82, 2.24) is 4.98 Å². The molecule has 6 nitrogen and oxygen atoms in total. The number of hydrogen-bond donors (Lipinski definition) is 1. The Morgan fingerprint density at radius 1 is 1.19 bits per heavy atom. The summed E-state index contributed by atoms with van der Waals surface area (Å²) in [5.41, 5.74) is 1.46. The number of amides is 1. The molecule has 0 bridgehead atoms. The van der Waals surface area contributed by atoms with Crippen LogP contribution in [0.4, 0.5) is 9.52 Å². The number of halogens is 1. The van der Waals surface area contributed by atoms with Crippen molar-refractivity contribution in [2.75, 3.05) is 18.2 Å². The Kier molecular flexibility index (Phi) is 7.40. The number of ether oxygens (including phenoxy) is 1. The predicted octanol–water partition coefficient (Wildman–Crippen LogP) is 4.38. The van der Waals surface area contributed by atoms with Crippen LogP contribution in [0.1, 0.15) is 28.8 Å². The van der Waals surface area contributed by atoms with E-state index >= 15 is 0 Å². The summed E-state index contributed by atoms with van der Waals surface area (Å²) in [5.74, 6) is 0.146. The second-order valence-electron chi connectivity index (χ2n) is 7.14. The van der Waals surface area contributed by atoms with Crippen LogP contribution in [0.15, 0.2) is 53.6 Å². The van der Waals surface area contributed by atoms with Crippen molar-refractivity contribution >= 4 is 32.2 Å². The highest BCUT2D eigenvalue weighted by Gasteiger charge is 2.09. The van der Waals surface area contributed by atoms with Gasteiger partial charge in [0.05, 0.1) is 11.5 Å². The zero-order valence-corrected chi connectivity index (χ0v) is 18.9. The molecule has 0 aliphatic heterocycles. The predicted molar refractivity (Wildman–Crippen MR) is 119 cm³/mol. The molecular formula is C22H23FN2O4S2. The number of anilines is 1. The van der Waals surface area contributed by atoms with E-state index in [1.165, 1.54) is 29.5 Å². The first kappa shape index (κ1) is 22.9. The molecule has 2 aromatic carbocycles. The minimum absolute atomic E-state index is 0.168. The second-order valence-corrected chi connectivity index (χ2v) is 10.3. The number of rotatable bonds is 9. The smallest absolute Gasteiger partial charge is 0.226 e. The maximum atomic E-state index is 13.7. The normalized spacial score (nSPS) is 11.3. The summed E-state index contributed by atoms with van der Waals surface area (Å²) < 4.78 is 42.1. The van der Waals surface area contributed by atoms with Crippen molar-refractivity contribution in [3.05, 3.63) is 70.5 Å². The van der Waals surface area contributed by atoms with Crippen molar-refractivity contribution < 1.29 is 22.3 Å². The molecule has 1 amide bonds. The molecule has 0 aliphatic rings. The number of hydrogen-bond acceptors (Lipinski definition) is 6. The Labute approximate surface area is 185 Å². The van der Waals surface area contributed by atoms with E-state index in [1.807, 2.05) is 6.07 Å². The third kappa shape index (κ3) is 6.86. The molecule has 31 heavy (non-hydrogen) atoms.